The SMILES string of the molecule is CCCNC(c1ccc(C)o1)c1c(C)cc(C)cc1C. The maximum atomic E-state index is 5.87. The van der Waals surface area contributed by atoms with Crippen molar-refractivity contribution in [3.63, 3.8) is 0 Å². The Balaban J connectivity index is 2.46. The Kier molecular flexibility index (Phi) is 4.66. The Hall–Kier alpha value is -1.54. The first-order valence-electron chi connectivity index (χ1n) is 7.40. The number of benzene rings is 1. The summed E-state index contributed by atoms with van der Waals surface area (Å²) in [4.78, 5) is 0. The molecule has 0 aliphatic rings. The van der Waals surface area contributed by atoms with Crippen molar-refractivity contribution < 1.29 is 4.42 Å². The zero-order valence-electron chi connectivity index (χ0n) is 13.2. The molecule has 0 radical (unpaired) electrons. The molecule has 2 nitrogen and oxygen atoms in total. The number of aryl methyl sites for hydroxylation is 4. The number of hydrogen-bond donors (Lipinski definition) is 1. The molecule has 1 aromatic carbocycles. The van der Waals surface area contributed by atoms with E-state index in [1.165, 1.54) is 22.3 Å². The molecule has 1 heterocycles. The molecule has 1 N–H and O–H groups in total. The highest BCUT2D eigenvalue weighted by molar-refractivity contribution is 5.42. The molecule has 1 aromatic heterocycles. The quantitative estimate of drug-likeness (QED) is 0.859. The molecular formula is C18H25NO. The lowest BCUT2D eigenvalue weighted by molar-refractivity contribution is 0.429. The van der Waals surface area contributed by atoms with Gasteiger partial charge >= 0.3 is 0 Å². The smallest absolute Gasteiger partial charge is 0.125 e. The lowest BCUT2D eigenvalue weighted by atomic mass is 9.92. The molecule has 1 unspecified atom stereocenters. The summed E-state index contributed by atoms with van der Waals surface area (Å²) in [7, 11) is 0. The first-order chi connectivity index (χ1) is 9.52. The minimum absolute atomic E-state index is 0.143. The number of rotatable bonds is 5. The molecule has 2 rings (SSSR count). The van der Waals surface area contributed by atoms with Crippen molar-refractivity contribution in [1.82, 2.24) is 5.32 Å². The van der Waals surface area contributed by atoms with Crippen LogP contribution in [-0.2, 0) is 0 Å². The molecular weight excluding hydrogens is 246 g/mol. The molecule has 0 fully saturated rings. The van der Waals surface area contributed by atoms with Crippen LogP contribution in [0.4, 0.5) is 0 Å². The Labute approximate surface area is 122 Å². The maximum Gasteiger partial charge on any atom is 0.125 e. The second-order valence-corrected chi connectivity index (χ2v) is 5.65. The predicted molar refractivity (Wildman–Crippen MR) is 84.2 cm³/mol. The van der Waals surface area contributed by atoms with Gasteiger partial charge in [-0.15, -0.1) is 0 Å². The highest BCUT2D eigenvalue weighted by atomic mass is 16.3. The van der Waals surface area contributed by atoms with Gasteiger partial charge in [-0.1, -0.05) is 24.6 Å². The van der Waals surface area contributed by atoms with Crippen molar-refractivity contribution in [3.05, 3.63) is 58.0 Å². The number of nitrogens with one attached hydrogen (secondary N) is 1. The van der Waals surface area contributed by atoms with Crippen LogP contribution in [0.25, 0.3) is 0 Å². The van der Waals surface area contributed by atoms with Crippen LogP contribution in [0, 0.1) is 27.7 Å². The van der Waals surface area contributed by atoms with Gasteiger partial charge in [-0.05, 0) is 69.5 Å². The van der Waals surface area contributed by atoms with Crippen molar-refractivity contribution in [2.75, 3.05) is 6.54 Å². The van der Waals surface area contributed by atoms with Gasteiger partial charge in [0.15, 0.2) is 0 Å². The van der Waals surface area contributed by atoms with E-state index in [9.17, 15) is 0 Å². The summed E-state index contributed by atoms with van der Waals surface area (Å²) in [5, 5.41) is 3.62. The molecule has 1 atom stereocenters. The van der Waals surface area contributed by atoms with Gasteiger partial charge in [-0.3, -0.25) is 0 Å². The van der Waals surface area contributed by atoms with Crippen molar-refractivity contribution >= 4 is 0 Å². The fourth-order valence-corrected chi connectivity index (χ4v) is 2.89. The van der Waals surface area contributed by atoms with E-state index in [4.69, 9.17) is 4.42 Å². The van der Waals surface area contributed by atoms with Crippen LogP contribution in [0.15, 0.2) is 28.7 Å². The van der Waals surface area contributed by atoms with Gasteiger partial charge in [0.2, 0.25) is 0 Å². The second kappa shape index (κ2) is 6.27. The summed E-state index contributed by atoms with van der Waals surface area (Å²) in [5.41, 5.74) is 5.31. The molecule has 0 amide bonds. The van der Waals surface area contributed by atoms with Crippen LogP contribution in [0.1, 0.15) is 53.2 Å². The molecule has 20 heavy (non-hydrogen) atoms. The topological polar surface area (TPSA) is 25.2 Å². The summed E-state index contributed by atoms with van der Waals surface area (Å²) in [6, 6.07) is 8.76. The first-order valence-corrected chi connectivity index (χ1v) is 7.40. The standard InChI is InChI=1S/C18H25NO/c1-6-9-19-18(16-8-7-15(5)20-16)17-13(3)10-12(2)11-14(17)4/h7-8,10-11,18-19H,6,9H2,1-5H3. The second-order valence-electron chi connectivity index (χ2n) is 5.65. The van der Waals surface area contributed by atoms with E-state index in [2.05, 4.69) is 51.2 Å². The van der Waals surface area contributed by atoms with Crippen LogP contribution < -0.4 is 5.32 Å². The lowest BCUT2D eigenvalue weighted by Gasteiger charge is -2.22. The van der Waals surface area contributed by atoms with Gasteiger partial charge in [0, 0.05) is 0 Å². The highest BCUT2D eigenvalue weighted by Gasteiger charge is 2.20. The Morgan fingerprint density at radius 2 is 1.70 bits per heavy atom. The minimum atomic E-state index is 0.143. The van der Waals surface area contributed by atoms with E-state index in [1.807, 2.05) is 13.0 Å². The summed E-state index contributed by atoms with van der Waals surface area (Å²) < 4.78 is 5.87. The van der Waals surface area contributed by atoms with Crippen molar-refractivity contribution in [3.8, 4) is 0 Å². The van der Waals surface area contributed by atoms with E-state index in [0.717, 1.165) is 24.5 Å². The first kappa shape index (κ1) is 14.9. The van der Waals surface area contributed by atoms with Gasteiger partial charge in [0.25, 0.3) is 0 Å². The Morgan fingerprint density at radius 3 is 2.20 bits per heavy atom. The predicted octanol–water partition coefficient (Wildman–Crippen LogP) is 4.60. The van der Waals surface area contributed by atoms with Crippen LogP contribution >= 0.6 is 0 Å². The molecule has 0 saturated carbocycles. The van der Waals surface area contributed by atoms with Crippen LogP contribution in [-0.4, -0.2) is 6.54 Å². The Bertz CT molecular complexity index is 560. The van der Waals surface area contributed by atoms with Crippen molar-refractivity contribution in [2.45, 2.75) is 47.1 Å². The van der Waals surface area contributed by atoms with E-state index in [1.54, 1.807) is 0 Å². The van der Waals surface area contributed by atoms with Crippen LogP contribution in [0.2, 0.25) is 0 Å². The van der Waals surface area contributed by atoms with Crippen LogP contribution in [0.5, 0.6) is 0 Å². The minimum Gasteiger partial charge on any atom is -0.464 e. The van der Waals surface area contributed by atoms with Gasteiger partial charge in [0.05, 0.1) is 6.04 Å². The molecule has 0 spiro atoms. The Morgan fingerprint density at radius 1 is 1.05 bits per heavy atom. The fraction of sp³-hybridized carbons (Fsp3) is 0.444. The molecule has 0 aliphatic heterocycles. The number of furan rings is 1. The van der Waals surface area contributed by atoms with Crippen molar-refractivity contribution in [2.24, 2.45) is 0 Å². The van der Waals surface area contributed by atoms with Gasteiger partial charge in [0.1, 0.15) is 11.5 Å². The maximum absolute atomic E-state index is 5.87. The lowest BCUT2D eigenvalue weighted by Crippen LogP contribution is -2.24. The normalized spacial score (nSPS) is 12.7. The zero-order chi connectivity index (χ0) is 14.7. The largest absolute Gasteiger partial charge is 0.464 e. The van der Waals surface area contributed by atoms with Gasteiger partial charge in [-0.25, -0.2) is 0 Å². The third-order valence-corrected chi connectivity index (χ3v) is 3.67. The third-order valence-electron chi connectivity index (χ3n) is 3.67. The van der Waals surface area contributed by atoms with Crippen molar-refractivity contribution in [1.29, 1.82) is 0 Å². The third kappa shape index (κ3) is 3.13. The van der Waals surface area contributed by atoms with E-state index < -0.39 is 0 Å². The van der Waals surface area contributed by atoms with Crippen LogP contribution in [0.3, 0.4) is 0 Å². The number of hydrogen-bond acceptors (Lipinski definition) is 2. The fourth-order valence-electron chi connectivity index (χ4n) is 2.89. The highest BCUT2D eigenvalue weighted by Crippen LogP contribution is 2.30. The summed E-state index contributed by atoms with van der Waals surface area (Å²) in [6.07, 6.45) is 1.11. The molecule has 0 saturated heterocycles. The molecule has 0 bridgehead atoms. The van der Waals surface area contributed by atoms with E-state index >= 15 is 0 Å². The molecule has 2 aromatic rings. The molecule has 108 valence electrons. The van der Waals surface area contributed by atoms with E-state index in [0.29, 0.717) is 0 Å². The zero-order valence-corrected chi connectivity index (χ0v) is 13.2. The summed E-state index contributed by atoms with van der Waals surface area (Å²) in [5.74, 6) is 1.97. The average Bonchev–Trinajstić information content (AvgIpc) is 2.78. The summed E-state index contributed by atoms with van der Waals surface area (Å²) in [6.45, 7) is 11.7. The monoisotopic (exact) mass is 271 g/mol. The van der Waals surface area contributed by atoms with E-state index in [-0.39, 0.29) is 6.04 Å². The van der Waals surface area contributed by atoms with Gasteiger partial charge in [-0.2, -0.15) is 0 Å². The molecule has 2 heteroatoms. The van der Waals surface area contributed by atoms with Gasteiger partial charge < -0.3 is 9.73 Å². The summed E-state index contributed by atoms with van der Waals surface area (Å²) >= 11 is 0. The molecule has 0 aliphatic carbocycles. The average molecular weight is 271 g/mol.